The van der Waals surface area contributed by atoms with E-state index in [1.54, 1.807) is 0 Å². The molecule has 138 valence electrons. The molecule has 0 saturated carbocycles. The Bertz CT molecular complexity index is 895. The first-order chi connectivity index (χ1) is 13.1. The number of thioether (sulfide) groups is 1. The Morgan fingerprint density at radius 3 is 2.48 bits per heavy atom. The molecule has 1 amide bonds. The van der Waals surface area contributed by atoms with Gasteiger partial charge in [0.15, 0.2) is 0 Å². The van der Waals surface area contributed by atoms with Crippen molar-refractivity contribution in [2.75, 3.05) is 12.3 Å². The molecule has 2 aromatic carbocycles. The van der Waals surface area contributed by atoms with Crippen LogP contribution in [0.3, 0.4) is 0 Å². The van der Waals surface area contributed by atoms with E-state index in [4.69, 9.17) is 0 Å². The van der Waals surface area contributed by atoms with Gasteiger partial charge >= 0.3 is 0 Å². The first-order valence-corrected chi connectivity index (χ1v) is 9.95. The number of aryl methyl sites for hydroxylation is 2. The van der Waals surface area contributed by atoms with Crippen LogP contribution in [0.1, 0.15) is 16.7 Å². The Labute approximate surface area is 164 Å². The van der Waals surface area contributed by atoms with Crippen molar-refractivity contribution in [3.8, 4) is 11.3 Å². The maximum Gasteiger partial charge on any atom is 0.230 e. The molecule has 1 heterocycles. The summed E-state index contributed by atoms with van der Waals surface area (Å²) in [6, 6.07) is 20.3. The molecule has 0 aliphatic heterocycles. The predicted octanol–water partition coefficient (Wildman–Crippen LogP) is 4.21. The Morgan fingerprint density at radius 2 is 1.78 bits per heavy atom. The third-order valence-electron chi connectivity index (χ3n) is 4.37. The number of benzene rings is 2. The summed E-state index contributed by atoms with van der Waals surface area (Å²) in [5.41, 5.74) is 5.62. The van der Waals surface area contributed by atoms with Gasteiger partial charge in [-0.25, -0.2) is 0 Å². The fourth-order valence-electron chi connectivity index (χ4n) is 2.63. The molecular formula is C22H23N3OS. The molecule has 27 heavy (non-hydrogen) atoms. The first kappa shape index (κ1) is 19.1. The van der Waals surface area contributed by atoms with Gasteiger partial charge in [0.05, 0.1) is 11.4 Å². The summed E-state index contributed by atoms with van der Waals surface area (Å²) in [6.45, 7) is 4.82. The van der Waals surface area contributed by atoms with Crippen molar-refractivity contribution in [2.24, 2.45) is 0 Å². The number of carbonyl (C=O) groups is 1. The lowest BCUT2D eigenvalue weighted by atomic mass is 10.0. The molecule has 0 atom stereocenters. The smallest absolute Gasteiger partial charge is 0.230 e. The minimum atomic E-state index is 0.0102. The molecule has 0 radical (unpaired) electrons. The molecule has 5 heteroatoms. The molecule has 0 aliphatic carbocycles. The van der Waals surface area contributed by atoms with Gasteiger partial charge in [0, 0.05) is 12.1 Å². The van der Waals surface area contributed by atoms with E-state index in [1.165, 1.54) is 28.5 Å². The topological polar surface area (TPSA) is 54.9 Å². The van der Waals surface area contributed by atoms with E-state index in [0.717, 1.165) is 22.7 Å². The molecule has 0 bridgehead atoms. The number of hydrogen-bond acceptors (Lipinski definition) is 4. The third kappa shape index (κ3) is 5.66. The predicted molar refractivity (Wildman–Crippen MR) is 111 cm³/mol. The quantitative estimate of drug-likeness (QED) is 0.627. The van der Waals surface area contributed by atoms with Crippen molar-refractivity contribution in [3.63, 3.8) is 0 Å². The number of hydrogen-bond donors (Lipinski definition) is 1. The van der Waals surface area contributed by atoms with Crippen LogP contribution in [0.5, 0.6) is 0 Å². The van der Waals surface area contributed by atoms with Gasteiger partial charge in [-0.05, 0) is 55.2 Å². The molecule has 0 fully saturated rings. The Kier molecular flexibility index (Phi) is 6.60. The highest BCUT2D eigenvalue weighted by Crippen LogP contribution is 2.22. The SMILES string of the molecule is Cc1ccc(-c2ccc(SCC(=O)NCCc3ccccc3)nn2)cc1C. The van der Waals surface area contributed by atoms with Gasteiger partial charge in [-0.2, -0.15) is 0 Å². The number of carbonyl (C=O) groups excluding carboxylic acids is 1. The van der Waals surface area contributed by atoms with Gasteiger partial charge in [0.25, 0.3) is 0 Å². The lowest BCUT2D eigenvalue weighted by Crippen LogP contribution is -2.27. The van der Waals surface area contributed by atoms with Crippen molar-refractivity contribution < 1.29 is 4.79 Å². The molecule has 1 N–H and O–H groups in total. The second-order valence-corrected chi connectivity index (χ2v) is 7.43. The van der Waals surface area contributed by atoms with Gasteiger partial charge in [-0.1, -0.05) is 54.2 Å². The maximum absolute atomic E-state index is 12.0. The zero-order chi connectivity index (χ0) is 19.1. The average molecular weight is 378 g/mol. The van der Waals surface area contributed by atoms with E-state index in [0.29, 0.717) is 12.3 Å². The fraction of sp³-hybridized carbons (Fsp3) is 0.227. The first-order valence-electron chi connectivity index (χ1n) is 8.96. The number of nitrogens with one attached hydrogen (secondary N) is 1. The number of rotatable bonds is 7. The summed E-state index contributed by atoms with van der Waals surface area (Å²) in [5, 5.41) is 12.2. The molecule has 3 aromatic rings. The summed E-state index contributed by atoms with van der Waals surface area (Å²) in [4.78, 5) is 12.0. The molecule has 0 saturated heterocycles. The standard InChI is InChI=1S/C22H23N3OS/c1-16-8-9-19(14-17(16)2)20-10-11-22(25-24-20)27-15-21(26)23-13-12-18-6-4-3-5-7-18/h3-11,14H,12-13,15H2,1-2H3,(H,23,26). The van der Waals surface area contributed by atoms with Crippen LogP contribution < -0.4 is 5.32 Å². The van der Waals surface area contributed by atoms with E-state index >= 15 is 0 Å². The van der Waals surface area contributed by atoms with Crippen molar-refractivity contribution >= 4 is 17.7 Å². The average Bonchev–Trinajstić information content (AvgIpc) is 2.70. The van der Waals surface area contributed by atoms with Gasteiger partial charge in [-0.15, -0.1) is 10.2 Å². The Hall–Kier alpha value is -2.66. The van der Waals surface area contributed by atoms with Crippen molar-refractivity contribution in [1.29, 1.82) is 0 Å². The van der Waals surface area contributed by atoms with Crippen LogP contribution >= 0.6 is 11.8 Å². The van der Waals surface area contributed by atoms with E-state index in [-0.39, 0.29) is 5.91 Å². The highest BCUT2D eigenvalue weighted by atomic mass is 32.2. The lowest BCUT2D eigenvalue weighted by Gasteiger charge is -2.06. The van der Waals surface area contributed by atoms with Crippen LogP contribution in [0, 0.1) is 13.8 Å². The minimum Gasteiger partial charge on any atom is -0.355 e. The van der Waals surface area contributed by atoms with Crippen LogP contribution in [0.25, 0.3) is 11.3 Å². The minimum absolute atomic E-state index is 0.0102. The van der Waals surface area contributed by atoms with Gasteiger partial charge < -0.3 is 5.32 Å². The fourth-order valence-corrected chi connectivity index (χ4v) is 3.28. The molecule has 3 rings (SSSR count). The summed E-state index contributed by atoms with van der Waals surface area (Å²) in [7, 11) is 0. The van der Waals surface area contributed by atoms with E-state index in [1.807, 2.05) is 30.3 Å². The molecule has 4 nitrogen and oxygen atoms in total. The normalized spacial score (nSPS) is 10.6. The van der Waals surface area contributed by atoms with Crippen LogP contribution in [0.2, 0.25) is 0 Å². The summed E-state index contributed by atoms with van der Waals surface area (Å²) < 4.78 is 0. The largest absolute Gasteiger partial charge is 0.355 e. The van der Waals surface area contributed by atoms with Crippen LogP contribution in [0.4, 0.5) is 0 Å². The lowest BCUT2D eigenvalue weighted by molar-refractivity contribution is -0.118. The summed E-state index contributed by atoms with van der Waals surface area (Å²) in [6.07, 6.45) is 0.835. The van der Waals surface area contributed by atoms with Crippen molar-refractivity contribution in [3.05, 3.63) is 77.4 Å². The maximum atomic E-state index is 12.0. The second-order valence-electron chi connectivity index (χ2n) is 6.43. The Morgan fingerprint density at radius 1 is 0.963 bits per heavy atom. The third-order valence-corrected chi connectivity index (χ3v) is 5.29. The number of nitrogens with zero attached hydrogens (tertiary/aromatic N) is 2. The highest BCUT2D eigenvalue weighted by molar-refractivity contribution is 7.99. The van der Waals surface area contributed by atoms with Crippen LogP contribution in [-0.4, -0.2) is 28.4 Å². The molecule has 0 unspecified atom stereocenters. The molecule has 0 aliphatic rings. The van der Waals surface area contributed by atoms with Crippen LogP contribution in [0.15, 0.2) is 65.7 Å². The number of amides is 1. The van der Waals surface area contributed by atoms with E-state index in [9.17, 15) is 4.79 Å². The van der Waals surface area contributed by atoms with Crippen molar-refractivity contribution in [2.45, 2.75) is 25.3 Å². The molecule has 0 spiro atoms. The summed E-state index contributed by atoms with van der Waals surface area (Å²) >= 11 is 1.40. The monoisotopic (exact) mass is 377 g/mol. The van der Waals surface area contributed by atoms with Crippen LogP contribution in [-0.2, 0) is 11.2 Å². The van der Waals surface area contributed by atoms with Gasteiger partial charge in [0.1, 0.15) is 5.03 Å². The van der Waals surface area contributed by atoms with Crippen molar-refractivity contribution in [1.82, 2.24) is 15.5 Å². The van der Waals surface area contributed by atoms with E-state index < -0.39 is 0 Å². The highest BCUT2D eigenvalue weighted by Gasteiger charge is 2.06. The van der Waals surface area contributed by atoms with Gasteiger partial charge in [0.2, 0.25) is 5.91 Å². The zero-order valence-electron chi connectivity index (χ0n) is 15.6. The second kappa shape index (κ2) is 9.33. The summed E-state index contributed by atoms with van der Waals surface area (Å²) in [5.74, 6) is 0.350. The Balaban J connectivity index is 1.46. The number of aromatic nitrogens is 2. The van der Waals surface area contributed by atoms with E-state index in [2.05, 4.69) is 59.7 Å². The van der Waals surface area contributed by atoms with Gasteiger partial charge in [-0.3, -0.25) is 4.79 Å². The zero-order valence-corrected chi connectivity index (χ0v) is 16.4. The molecular weight excluding hydrogens is 354 g/mol. The molecule has 1 aromatic heterocycles.